The minimum atomic E-state index is -1.39. The van der Waals surface area contributed by atoms with Crippen molar-refractivity contribution in [1.29, 1.82) is 0 Å². The van der Waals surface area contributed by atoms with Crippen LogP contribution in [0.1, 0.15) is 35.7 Å². The molecule has 1 aromatic heterocycles. The zero-order valence-corrected chi connectivity index (χ0v) is 11.9. The van der Waals surface area contributed by atoms with Crippen molar-refractivity contribution < 1.29 is 23.3 Å². The second-order valence-corrected chi connectivity index (χ2v) is 5.90. The summed E-state index contributed by atoms with van der Waals surface area (Å²) in [5.41, 5.74) is 0.549. The maximum absolute atomic E-state index is 11.8. The van der Waals surface area contributed by atoms with Crippen molar-refractivity contribution in [2.75, 3.05) is 5.75 Å². The number of rotatable bonds is 6. The summed E-state index contributed by atoms with van der Waals surface area (Å²) in [5.74, 6) is -1.23. The van der Waals surface area contributed by atoms with Crippen molar-refractivity contribution in [3.8, 4) is 0 Å². The summed E-state index contributed by atoms with van der Waals surface area (Å²) in [7, 11) is -1.39. The van der Waals surface area contributed by atoms with Gasteiger partial charge >= 0.3 is 5.97 Å². The van der Waals surface area contributed by atoms with Crippen LogP contribution < -0.4 is 5.32 Å². The summed E-state index contributed by atoms with van der Waals surface area (Å²) in [6.07, 6.45) is 0. The lowest BCUT2D eigenvalue weighted by Crippen LogP contribution is -2.33. The van der Waals surface area contributed by atoms with E-state index in [0.717, 1.165) is 0 Å². The quantitative estimate of drug-likeness (QED) is 0.815. The van der Waals surface area contributed by atoms with Crippen LogP contribution in [0.25, 0.3) is 0 Å². The molecule has 0 bridgehead atoms. The lowest BCUT2D eigenvalue weighted by molar-refractivity contribution is -0.119. The fourth-order valence-electron chi connectivity index (χ4n) is 1.50. The zero-order valence-electron chi connectivity index (χ0n) is 11.1. The van der Waals surface area contributed by atoms with Crippen LogP contribution in [0, 0.1) is 6.92 Å². The van der Waals surface area contributed by atoms with Crippen LogP contribution in [0.2, 0.25) is 0 Å². The summed E-state index contributed by atoms with van der Waals surface area (Å²) >= 11 is 0. The van der Waals surface area contributed by atoms with Gasteiger partial charge in [-0.15, -0.1) is 0 Å². The second-order valence-electron chi connectivity index (χ2n) is 4.45. The van der Waals surface area contributed by atoms with Crippen LogP contribution in [0.4, 0.5) is 0 Å². The van der Waals surface area contributed by atoms with Gasteiger partial charge in [0.1, 0.15) is 11.5 Å². The van der Waals surface area contributed by atoms with Crippen LogP contribution >= 0.6 is 0 Å². The minimum Gasteiger partial charge on any atom is -0.475 e. The highest BCUT2D eigenvalue weighted by Gasteiger charge is 2.16. The van der Waals surface area contributed by atoms with Crippen molar-refractivity contribution in [1.82, 2.24) is 5.32 Å². The first kappa shape index (κ1) is 15.4. The molecule has 2 N–H and O–H groups in total. The second kappa shape index (κ2) is 6.51. The average molecular weight is 287 g/mol. The third kappa shape index (κ3) is 4.86. The highest BCUT2D eigenvalue weighted by Crippen LogP contribution is 2.16. The van der Waals surface area contributed by atoms with Gasteiger partial charge in [0.25, 0.3) is 0 Å². The molecule has 0 aliphatic carbocycles. The van der Waals surface area contributed by atoms with Gasteiger partial charge < -0.3 is 14.8 Å². The number of carbonyl (C=O) groups excluding carboxylic acids is 1. The van der Waals surface area contributed by atoms with Crippen molar-refractivity contribution in [2.24, 2.45) is 0 Å². The SMILES string of the molecule is Cc1oc(C(=O)O)cc1CS(=O)CC(=O)NC(C)C. The van der Waals surface area contributed by atoms with Crippen LogP contribution in [0.5, 0.6) is 0 Å². The molecule has 0 spiro atoms. The molecular formula is C12H17NO5S. The van der Waals surface area contributed by atoms with Crippen molar-refractivity contribution >= 4 is 22.7 Å². The largest absolute Gasteiger partial charge is 0.475 e. The van der Waals surface area contributed by atoms with Gasteiger partial charge in [0.2, 0.25) is 11.7 Å². The Labute approximate surface area is 113 Å². The van der Waals surface area contributed by atoms with E-state index in [1.807, 2.05) is 13.8 Å². The highest BCUT2D eigenvalue weighted by molar-refractivity contribution is 7.84. The van der Waals surface area contributed by atoms with Crippen LogP contribution in [0.15, 0.2) is 10.5 Å². The molecule has 0 fully saturated rings. The average Bonchev–Trinajstić information content (AvgIpc) is 2.58. The van der Waals surface area contributed by atoms with Gasteiger partial charge in [-0.3, -0.25) is 9.00 Å². The number of nitrogens with one attached hydrogen (secondary N) is 1. The zero-order chi connectivity index (χ0) is 14.6. The molecule has 1 amide bonds. The lowest BCUT2D eigenvalue weighted by atomic mass is 10.3. The number of furan rings is 1. The van der Waals surface area contributed by atoms with E-state index in [0.29, 0.717) is 11.3 Å². The van der Waals surface area contributed by atoms with E-state index in [1.54, 1.807) is 6.92 Å². The predicted octanol–water partition coefficient (Wildman–Crippen LogP) is 1.06. The molecule has 1 unspecified atom stereocenters. The summed E-state index contributed by atoms with van der Waals surface area (Å²) in [6.45, 7) is 5.24. The Kier molecular flexibility index (Phi) is 5.29. The first-order valence-electron chi connectivity index (χ1n) is 5.76. The summed E-state index contributed by atoms with van der Waals surface area (Å²) in [6, 6.07) is 1.34. The monoisotopic (exact) mass is 287 g/mol. The van der Waals surface area contributed by atoms with E-state index in [4.69, 9.17) is 9.52 Å². The molecule has 7 heteroatoms. The molecule has 106 valence electrons. The Balaban J connectivity index is 2.62. The molecule has 0 aliphatic heterocycles. The van der Waals surface area contributed by atoms with Crippen molar-refractivity contribution in [3.63, 3.8) is 0 Å². The van der Waals surface area contributed by atoms with E-state index >= 15 is 0 Å². The molecule has 1 atom stereocenters. The molecule has 0 aliphatic rings. The third-order valence-corrected chi connectivity index (χ3v) is 3.51. The molecule has 0 saturated carbocycles. The maximum atomic E-state index is 11.8. The molecule has 0 aromatic carbocycles. The summed E-state index contributed by atoms with van der Waals surface area (Å²) < 4.78 is 16.8. The molecule has 19 heavy (non-hydrogen) atoms. The Hall–Kier alpha value is -1.63. The molecule has 0 saturated heterocycles. The molecular weight excluding hydrogens is 270 g/mol. The third-order valence-electron chi connectivity index (χ3n) is 2.29. The minimum absolute atomic E-state index is 0.00113. The van der Waals surface area contributed by atoms with Gasteiger partial charge in [-0.25, -0.2) is 4.79 Å². The van der Waals surface area contributed by atoms with Crippen molar-refractivity contribution in [3.05, 3.63) is 23.2 Å². The van der Waals surface area contributed by atoms with E-state index in [1.165, 1.54) is 6.07 Å². The molecule has 6 nitrogen and oxygen atoms in total. The predicted molar refractivity (Wildman–Crippen MR) is 70.4 cm³/mol. The maximum Gasteiger partial charge on any atom is 0.371 e. The number of hydrogen-bond donors (Lipinski definition) is 2. The molecule has 1 heterocycles. The number of amides is 1. The first-order chi connectivity index (χ1) is 8.79. The topological polar surface area (TPSA) is 96.6 Å². The van der Waals surface area contributed by atoms with E-state index in [2.05, 4.69) is 5.32 Å². The number of aromatic carboxylic acids is 1. The Morgan fingerprint density at radius 2 is 2.11 bits per heavy atom. The molecule has 1 rings (SSSR count). The van der Waals surface area contributed by atoms with Crippen LogP contribution in [-0.2, 0) is 21.3 Å². The van der Waals surface area contributed by atoms with Crippen LogP contribution in [-0.4, -0.2) is 33.0 Å². The number of hydrogen-bond acceptors (Lipinski definition) is 4. The van der Waals surface area contributed by atoms with E-state index in [9.17, 15) is 13.8 Å². The lowest BCUT2D eigenvalue weighted by Gasteiger charge is -2.07. The number of carbonyl (C=O) groups is 2. The molecule has 0 radical (unpaired) electrons. The van der Waals surface area contributed by atoms with E-state index < -0.39 is 16.8 Å². The van der Waals surface area contributed by atoms with Gasteiger partial charge in [-0.1, -0.05) is 0 Å². The fourth-order valence-corrected chi connectivity index (χ4v) is 2.61. The molecule has 1 aromatic rings. The van der Waals surface area contributed by atoms with Gasteiger partial charge in [-0.2, -0.15) is 0 Å². The fraction of sp³-hybridized carbons (Fsp3) is 0.500. The van der Waals surface area contributed by atoms with Crippen LogP contribution in [0.3, 0.4) is 0 Å². The first-order valence-corrected chi connectivity index (χ1v) is 7.25. The summed E-state index contributed by atoms with van der Waals surface area (Å²) in [5, 5.41) is 11.4. The standard InChI is InChI=1S/C12H17NO5S/c1-7(2)13-11(14)6-19(17)5-9-4-10(12(15)16)18-8(9)3/h4,7H,5-6H2,1-3H3,(H,13,14)(H,15,16). The van der Waals surface area contributed by atoms with Gasteiger partial charge in [0.15, 0.2) is 0 Å². The van der Waals surface area contributed by atoms with Crippen molar-refractivity contribution in [2.45, 2.75) is 32.6 Å². The van der Waals surface area contributed by atoms with Gasteiger partial charge in [-0.05, 0) is 26.8 Å². The Morgan fingerprint density at radius 1 is 1.47 bits per heavy atom. The van der Waals surface area contributed by atoms with E-state index in [-0.39, 0.29) is 29.2 Å². The normalized spacial score (nSPS) is 12.4. The van der Waals surface area contributed by atoms with Gasteiger partial charge in [0, 0.05) is 22.4 Å². The summed E-state index contributed by atoms with van der Waals surface area (Å²) in [4.78, 5) is 22.1. The highest BCUT2D eigenvalue weighted by atomic mass is 32.2. The Morgan fingerprint density at radius 3 is 2.58 bits per heavy atom. The smallest absolute Gasteiger partial charge is 0.371 e. The Bertz CT molecular complexity index is 506. The number of carboxylic acid groups (broad SMARTS) is 1. The number of aryl methyl sites for hydroxylation is 1. The van der Waals surface area contributed by atoms with Gasteiger partial charge in [0.05, 0.1) is 5.75 Å². The number of carboxylic acids is 1.